The van der Waals surface area contributed by atoms with E-state index >= 15 is 0 Å². The molecule has 0 aromatic heterocycles. The van der Waals surface area contributed by atoms with E-state index in [2.05, 4.69) is 24.5 Å². The Morgan fingerprint density at radius 3 is 2.11 bits per heavy atom. The number of rotatable bonds is 4. The zero-order valence-electron chi connectivity index (χ0n) is 12.4. The van der Waals surface area contributed by atoms with Gasteiger partial charge >= 0.3 is 6.09 Å². The van der Waals surface area contributed by atoms with Crippen molar-refractivity contribution in [2.45, 2.75) is 71.9 Å². The minimum Gasteiger partial charge on any atom is -0.447 e. The van der Waals surface area contributed by atoms with Gasteiger partial charge in [-0.15, -0.1) is 0 Å². The van der Waals surface area contributed by atoms with Crippen LogP contribution in [-0.2, 0) is 4.74 Å². The average Bonchev–Trinajstić information content (AvgIpc) is 2.31. The SMILES string of the molecule is CC(C)OC(=O)NC1CCCCC1.CCNCC. The standard InChI is InChI=1S/C10H19NO2.C4H11N/c1-8(2)13-10(12)11-9-6-4-3-5-7-9;1-3-5-4-2/h8-9H,3-7H2,1-2H3,(H,11,12);5H,3-4H2,1-2H3. The van der Waals surface area contributed by atoms with E-state index < -0.39 is 0 Å². The molecule has 0 radical (unpaired) electrons. The molecule has 1 saturated carbocycles. The zero-order chi connectivity index (χ0) is 13.8. The van der Waals surface area contributed by atoms with Crippen LogP contribution in [0, 0.1) is 0 Å². The van der Waals surface area contributed by atoms with Crippen molar-refractivity contribution in [3.8, 4) is 0 Å². The van der Waals surface area contributed by atoms with Crippen LogP contribution in [-0.4, -0.2) is 31.3 Å². The molecule has 0 spiro atoms. The van der Waals surface area contributed by atoms with Gasteiger partial charge in [-0.1, -0.05) is 33.1 Å². The van der Waals surface area contributed by atoms with Crippen molar-refractivity contribution in [3.63, 3.8) is 0 Å². The first-order valence-corrected chi connectivity index (χ1v) is 7.28. The summed E-state index contributed by atoms with van der Waals surface area (Å²) in [6, 6.07) is 0.347. The smallest absolute Gasteiger partial charge is 0.407 e. The minimum absolute atomic E-state index is 0.0245. The number of nitrogens with one attached hydrogen (secondary N) is 2. The van der Waals surface area contributed by atoms with Gasteiger partial charge in [0.25, 0.3) is 0 Å². The monoisotopic (exact) mass is 258 g/mol. The summed E-state index contributed by atoms with van der Waals surface area (Å²) < 4.78 is 5.00. The highest BCUT2D eigenvalue weighted by atomic mass is 16.6. The number of amides is 1. The molecule has 1 aliphatic carbocycles. The van der Waals surface area contributed by atoms with Crippen molar-refractivity contribution in [2.75, 3.05) is 13.1 Å². The summed E-state index contributed by atoms with van der Waals surface area (Å²) in [6.45, 7) is 10.1. The number of alkyl carbamates (subject to hydrolysis) is 1. The van der Waals surface area contributed by atoms with Crippen LogP contribution in [0.5, 0.6) is 0 Å². The predicted molar refractivity (Wildman–Crippen MR) is 75.8 cm³/mol. The van der Waals surface area contributed by atoms with E-state index in [1.807, 2.05) is 13.8 Å². The Morgan fingerprint density at radius 1 is 1.17 bits per heavy atom. The van der Waals surface area contributed by atoms with Crippen LogP contribution in [0.15, 0.2) is 0 Å². The van der Waals surface area contributed by atoms with Gasteiger partial charge in [0.15, 0.2) is 0 Å². The van der Waals surface area contributed by atoms with Gasteiger partial charge in [0.05, 0.1) is 6.10 Å². The van der Waals surface area contributed by atoms with Crippen LogP contribution in [0.2, 0.25) is 0 Å². The first-order chi connectivity index (χ1) is 8.60. The molecule has 0 heterocycles. The van der Waals surface area contributed by atoms with Crippen molar-refractivity contribution in [3.05, 3.63) is 0 Å². The summed E-state index contributed by atoms with van der Waals surface area (Å²) in [6.07, 6.45) is 5.68. The lowest BCUT2D eigenvalue weighted by Crippen LogP contribution is -2.37. The van der Waals surface area contributed by atoms with Gasteiger partial charge in [-0.05, 0) is 39.8 Å². The highest BCUT2D eigenvalue weighted by Crippen LogP contribution is 2.17. The lowest BCUT2D eigenvalue weighted by Gasteiger charge is -2.22. The normalized spacial score (nSPS) is 15.8. The third-order valence-corrected chi connectivity index (χ3v) is 2.77. The topological polar surface area (TPSA) is 50.4 Å². The first-order valence-electron chi connectivity index (χ1n) is 7.28. The zero-order valence-corrected chi connectivity index (χ0v) is 12.4. The molecule has 0 aromatic rings. The molecule has 0 aliphatic heterocycles. The lowest BCUT2D eigenvalue weighted by atomic mass is 9.96. The van der Waals surface area contributed by atoms with Crippen LogP contribution in [0.1, 0.15) is 59.8 Å². The molecular weight excluding hydrogens is 228 g/mol. The van der Waals surface area contributed by atoms with Crippen LogP contribution in [0.3, 0.4) is 0 Å². The fourth-order valence-corrected chi connectivity index (χ4v) is 1.91. The van der Waals surface area contributed by atoms with Crippen LogP contribution in [0.25, 0.3) is 0 Å². The summed E-state index contributed by atoms with van der Waals surface area (Å²) in [5.74, 6) is 0. The molecule has 108 valence electrons. The number of ether oxygens (including phenoxy) is 1. The molecular formula is C14H30N2O2. The van der Waals surface area contributed by atoms with E-state index in [1.54, 1.807) is 0 Å². The quantitative estimate of drug-likeness (QED) is 0.815. The molecule has 0 saturated heterocycles. The van der Waals surface area contributed by atoms with Gasteiger partial charge in [-0.25, -0.2) is 4.79 Å². The molecule has 1 amide bonds. The summed E-state index contributed by atoms with van der Waals surface area (Å²) in [5.41, 5.74) is 0. The molecule has 1 rings (SSSR count). The van der Waals surface area contributed by atoms with Gasteiger partial charge in [-0.2, -0.15) is 0 Å². The Balaban J connectivity index is 0.000000494. The molecule has 18 heavy (non-hydrogen) atoms. The maximum absolute atomic E-state index is 11.2. The average molecular weight is 258 g/mol. The van der Waals surface area contributed by atoms with E-state index in [0.717, 1.165) is 25.9 Å². The van der Waals surface area contributed by atoms with Crippen LogP contribution >= 0.6 is 0 Å². The van der Waals surface area contributed by atoms with E-state index in [0.29, 0.717) is 6.04 Å². The van der Waals surface area contributed by atoms with Gasteiger partial charge in [0.1, 0.15) is 0 Å². The molecule has 4 heteroatoms. The van der Waals surface area contributed by atoms with E-state index in [-0.39, 0.29) is 12.2 Å². The fourth-order valence-electron chi connectivity index (χ4n) is 1.91. The number of carbonyl (C=O) groups is 1. The third-order valence-electron chi connectivity index (χ3n) is 2.77. The highest BCUT2D eigenvalue weighted by molar-refractivity contribution is 5.67. The maximum Gasteiger partial charge on any atom is 0.407 e. The van der Waals surface area contributed by atoms with Crippen molar-refractivity contribution in [2.24, 2.45) is 0 Å². The summed E-state index contributed by atoms with van der Waals surface area (Å²) in [4.78, 5) is 11.2. The Morgan fingerprint density at radius 2 is 1.72 bits per heavy atom. The summed E-state index contributed by atoms with van der Waals surface area (Å²) in [7, 11) is 0. The van der Waals surface area contributed by atoms with Gasteiger partial charge < -0.3 is 15.4 Å². The predicted octanol–water partition coefficient (Wildman–Crippen LogP) is 3.07. The lowest BCUT2D eigenvalue weighted by molar-refractivity contribution is 0.110. The largest absolute Gasteiger partial charge is 0.447 e. The second-order valence-corrected chi connectivity index (χ2v) is 4.89. The van der Waals surface area contributed by atoms with E-state index in [1.165, 1.54) is 19.3 Å². The van der Waals surface area contributed by atoms with Crippen LogP contribution in [0.4, 0.5) is 4.79 Å². The number of hydrogen-bond donors (Lipinski definition) is 2. The second-order valence-electron chi connectivity index (χ2n) is 4.89. The highest BCUT2D eigenvalue weighted by Gasteiger charge is 2.16. The van der Waals surface area contributed by atoms with Crippen LogP contribution < -0.4 is 10.6 Å². The van der Waals surface area contributed by atoms with Crippen molar-refractivity contribution in [1.82, 2.24) is 10.6 Å². The Bertz CT molecular complexity index is 200. The van der Waals surface area contributed by atoms with E-state index in [9.17, 15) is 4.79 Å². The summed E-state index contributed by atoms with van der Waals surface area (Å²) in [5, 5.41) is 6.00. The molecule has 0 unspecified atom stereocenters. The number of carbonyl (C=O) groups excluding carboxylic acids is 1. The third kappa shape index (κ3) is 10.4. The van der Waals surface area contributed by atoms with Crippen molar-refractivity contribution in [1.29, 1.82) is 0 Å². The summed E-state index contributed by atoms with van der Waals surface area (Å²) >= 11 is 0. The molecule has 0 bridgehead atoms. The molecule has 2 N–H and O–H groups in total. The Hall–Kier alpha value is -0.770. The maximum atomic E-state index is 11.2. The molecule has 0 atom stereocenters. The number of hydrogen-bond acceptors (Lipinski definition) is 3. The molecule has 1 fully saturated rings. The molecule has 1 aliphatic rings. The fraction of sp³-hybridized carbons (Fsp3) is 0.929. The molecule has 4 nitrogen and oxygen atoms in total. The first kappa shape index (κ1) is 17.2. The van der Waals surface area contributed by atoms with Gasteiger partial charge in [0.2, 0.25) is 0 Å². The van der Waals surface area contributed by atoms with E-state index in [4.69, 9.17) is 4.74 Å². The Labute approximate surface area is 112 Å². The molecule has 0 aromatic carbocycles. The van der Waals surface area contributed by atoms with Crippen molar-refractivity contribution < 1.29 is 9.53 Å². The second kappa shape index (κ2) is 11.3. The van der Waals surface area contributed by atoms with Gasteiger partial charge in [-0.3, -0.25) is 0 Å². The minimum atomic E-state index is -0.262. The van der Waals surface area contributed by atoms with Gasteiger partial charge in [0, 0.05) is 6.04 Å². The van der Waals surface area contributed by atoms with Crippen molar-refractivity contribution >= 4 is 6.09 Å². The Kier molecular flexibility index (Phi) is 10.8.